The fourth-order valence-electron chi connectivity index (χ4n) is 1.88. The van der Waals surface area contributed by atoms with Gasteiger partial charge in [0.1, 0.15) is 18.1 Å². The van der Waals surface area contributed by atoms with E-state index in [-0.39, 0.29) is 19.0 Å². The summed E-state index contributed by atoms with van der Waals surface area (Å²) in [5, 5.41) is 20.6. The van der Waals surface area contributed by atoms with Crippen molar-refractivity contribution in [3.8, 4) is 5.75 Å². The van der Waals surface area contributed by atoms with Gasteiger partial charge in [-0.05, 0) is 30.2 Å². The molecule has 0 aliphatic rings. The van der Waals surface area contributed by atoms with Gasteiger partial charge in [0, 0.05) is 18.4 Å². The van der Waals surface area contributed by atoms with E-state index in [1.165, 1.54) is 0 Å². The highest BCUT2D eigenvalue weighted by atomic mass is 16.5. The standard InChI is InChI=1S/C15H17N3O3/c16-15(18-20)14-12(2-1-8-17-14)10-21-13-5-3-11(4-6-13)7-9-19/h1-6,8,19-20H,7,9-10H2,(H2,16,18). The van der Waals surface area contributed by atoms with Gasteiger partial charge in [-0.25, -0.2) is 0 Å². The molecular weight excluding hydrogens is 270 g/mol. The summed E-state index contributed by atoms with van der Waals surface area (Å²) in [4.78, 5) is 4.08. The number of nitrogens with two attached hydrogens (primary N) is 1. The van der Waals surface area contributed by atoms with Crippen LogP contribution in [-0.4, -0.2) is 27.7 Å². The third-order valence-electron chi connectivity index (χ3n) is 2.96. The fourth-order valence-corrected chi connectivity index (χ4v) is 1.88. The van der Waals surface area contributed by atoms with Crippen molar-refractivity contribution in [2.75, 3.05) is 6.61 Å². The first kappa shape index (κ1) is 14.8. The molecule has 0 aliphatic heterocycles. The van der Waals surface area contributed by atoms with E-state index in [2.05, 4.69) is 10.1 Å². The monoisotopic (exact) mass is 287 g/mol. The average molecular weight is 287 g/mol. The zero-order valence-electron chi connectivity index (χ0n) is 11.4. The highest BCUT2D eigenvalue weighted by Crippen LogP contribution is 2.15. The van der Waals surface area contributed by atoms with Crippen molar-refractivity contribution in [1.82, 2.24) is 4.98 Å². The number of aliphatic hydroxyl groups is 1. The van der Waals surface area contributed by atoms with E-state index in [1.54, 1.807) is 18.3 Å². The minimum Gasteiger partial charge on any atom is -0.489 e. The Bertz CT molecular complexity index is 612. The zero-order chi connectivity index (χ0) is 15.1. The number of nitrogens with zero attached hydrogens (tertiary/aromatic N) is 2. The quantitative estimate of drug-likeness (QED) is 0.322. The summed E-state index contributed by atoms with van der Waals surface area (Å²) in [5.41, 5.74) is 7.75. The summed E-state index contributed by atoms with van der Waals surface area (Å²) in [6.45, 7) is 0.387. The summed E-state index contributed by atoms with van der Waals surface area (Å²) >= 11 is 0. The van der Waals surface area contributed by atoms with Crippen LogP contribution in [0.4, 0.5) is 0 Å². The molecule has 0 fully saturated rings. The first-order chi connectivity index (χ1) is 10.2. The summed E-state index contributed by atoms with van der Waals surface area (Å²) in [6.07, 6.45) is 2.19. The maximum absolute atomic E-state index is 8.87. The van der Waals surface area contributed by atoms with Crippen molar-refractivity contribution < 1.29 is 15.1 Å². The molecular formula is C15H17N3O3. The summed E-state index contributed by atoms with van der Waals surface area (Å²) in [5.74, 6) is 0.651. The lowest BCUT2D eigenvalue weighted by Crippen LogP contribution is -2.18. The second-order valence-corrected chi connectivity index (χ2v) is 4.40. The average Bonchev–Trinajstić information content (AvgIpc) is 2.54. The lowest BCUT2D eigenvalue weighted by molar-refractivity contribution is 0.298. The molecule has 6 nitrogen and oxygen atoms in total. The van der Waals surface area contributed by atoms with Crippen LogP contribution in [0.3, 0.4) is 0 Å². The molecule has 0 saturated carbocycles. The minimum absolute atomic E-state index is 0.0486. The molecule has 0 amide bonds. The first-order valence-corrected chi connectivity index (χ1v) is 6.49. The van der Waals surface area contributed by atoms with Crippen LogP contribution in [0, 0.1) is 0 Å². The number of pyridine rings is 1. The molecule has 0 atom stereocenters. The van der Waals surface area contributed by atoms with E-state index in [1.807, 2.05) is 24.3 Å². The Hall–Kier alpha value is -2.60. The first-order valence-electron chi connectivity index (χ1n) is 6.49. The molecule has 21 heavy (non-hydrogen) atoms. The van der Waals surface area contributed by atoms with E-state index in [0.717, 1.165) is 11.1 Å². The molecule has 2 aromatic rings. The van der Waals surface area contributed by atoms with Crippen LogP contribution in [0.2, 0.25) is 0 Å². The van der Waals surface area contributed by atoms with Crippen LogP contribution in [0.15, 0.2) is 47.8 Å². The fraction of sp³-hybridized carbons (Fsp3) is 0.200. The predicted octanol–water partition coefficient (Wildman–Crippen LogP) is 1.29. The molecule has 0 saturated heterocycles. The lowest BCUT2D eigenvalue weighted by atomic mass is 10.1. The van der Waals surface area contributed by atoms with Crippen LogP contribution >= 0.6 is 0 Å². The van der Waals surface area contributed by atoms with Crippen molar-refractivity contribution in [1.29, 1.82) is 0 Å². The highest BCUT2D eigenvalue weighted by Gasteiger charge is 2.08. The number of aliphatic hydroxyl groups excluding tert-OH is 1. The van der Waals surface area contributed by atoms with Gasteiger partial charge in [-0.2, -0.15) is 0 Å². The highest BCUT2D eigenvalue weighted by molar-refractivity contribution is 5.96. The smallest absolute Gasteiger partial charge is 0.189 e. The van der Waals surface area contributed by atoms with E-state index in [0.29, 0.717) is 17.9 Å². The van der Waals surface area contributed by atoms with Gasteiger partial charge in [-0.15, -0.1) is 0 Å². The van der Waals surface area contributed by atoms with Gasteiger partial charge in [0.25, 0.3) is 0 Å². The van der Waals surface area contributed by atoms with Gasteiger partial charge in [0.2, 0.25) is 0 Å². The lowest BCUT2D eigenvalue weighted by Gasteiger charge is -2.09. The molecule has 0 bridgehead atoms. The number of ether oxygens (including phenoxy) is 1. The van der Waals surface area contributed by atoms with Crippen LogP contribution < -0.4 is 10.5 Å². The molecule has 0 radical (unpaired) electrons. The maximum atomic E-state index is 8.87. The van der Waals surface area contributed by atoms with Crippen molar-refractivity contribution >= 4 is 5.84 Å². The Balaban J connectivity index is 2.06. The van der Waals surface area contributed by atoms with E-state index in [9.17, 15) is 0 Å². The Morgan fingerprint density at radius 1 is 1.24 bits per heavy atom. The molecule has 2 rings (SSSR count). The Labute approximate surface area is 122 Å². The van der Waals surface area contributed by atoms with Crippen LogP contribution in [0.25, 0.3) is 0 Å². The third-order valence-corrected chi connectivity index (χ3v) is 2.96. The van der Waals surface area contributed by atoms with Gasteiger partial charge in [0.05, 0.1) is 0 Å². The molecule has 4 N–H and O–H groups in total. The van der Waals surface area contributed by atoms with E-state index >= 15 is 0 Å². The topological polar surface area (TPSA) is 101 Å². The van der Waals surface area contributed by atoms with Crippen LogP contribution in [0.1, 0.15) is 16.8 Å². The predicted molar refractivity (Wildman–Crippen MR) is 78.3 cm³/mol. The van der Waals surface area contributed by atoms with Crippen molar-refractivity contribution in [3.05, 3.63) is 59.4 Å². The minimum atomic E-state index is -0.0486. The summed E-state index contributed by atoms with van der Waals surface area (Å²) in [6, 6.07) is 11.0. The van der Waals surface area contributed by atoms with Gasteiger partial charge in [-0.3, -0.25) is 4.98 Å². The molecule has 0 spiro atoms. The molecule has 1 aromatic heterocycles. The largest absolute Gasteiger partial charge is 0.489 e. The van der Waals surface area contributed by atoms with Gasteiger partial charge >= 0.3 is 0 Å². The molecule has 110 valence electrons. The molecule has 0 aliphatic carbocycles. The van der Waals surface area contributed by atoms with Gasteiger partial charge in [-0.1, -0.05) is 23.4 Å². The number of hydrogen-bond acceptors (Lipinski definition) is 5. The van der Waals surface area contributed by atoms with Crippen molar-refractivity contribution in [3.63, 3.8) is 0 Å². The summed E-state index contributed by atoms with van der Waals surface area (Å²) < 4.78 is 5.67. The van der Waals surface area contributed by atoms with Crippen molar-refractivity contribution in [2.45, 2.75) is 13.0 Å². The second kappa shape index (κ2) is 7.25. The zero-order valence-corrected chi connectivity index (χ0v) is 11.4. The number of aromatic nitrogens is 1. The number of amidine groups is 1. The van der Waals surface area contributed by atoms with Gasteiger partial charge < -0.3 is 20.8 Å². The number of benzene rings is 1. The Morgan fingerprint density at radius 3 is 2.67 bits per heavy atom. The van der Waals surface area contributed by atoms with Crippen LogP contribution in [0.5, 0.6) is 5.75 Å². The summed E-state index contributed by atoms with van der Waals surface area (Å²) in [7, 11) is 0. The second-order valence-electron chi connectivity index (χ2n) is 4.40. The third kappa shape index (κ3) is 3.93. The van der Waals surface area contributed by atoms with E-state index < -0.39 is 0 Å². The van der Waals surface area contributed by atoms with E-state index in [4.69, 9.17) is 20.8 Å². The molecule has 6 heteroatoms. The number of rotatable bonds is 6. The number of oxime groups is 1. The molecule has 1 heterocycles. The SMILES string of the molecule is N/C(=N/O)c1ncccc1COc1ccc(CCO)cc1. The molecule has 0 unspecified atom stereocenters. The Morgan fingerprint density at radius 2 is 2.00 bits per heavy atom. The van der Waals surface area contributed by atoms with Gasteiger partial charge in [0.15, 0.2) is 5.84 Å². The normalized spacial score (nSPS) is 11.4. The molecule has 1 aromatic carbocycles. The maximum Gasteiger partial charge on any atom is 0.189 e. The number of hydrogen-bond donors (Lipinski definition) is 3. The Kier molecular flexibility index (Phi) is 5.11. The van der Waals surface area contributed by atoms with Crippen LogP contribution in [-0.2, 0) is 13.0 Å². The van der Waals surface area contributed by atoms with Crippen molar-refractivity contribution in [2.24, 2.45) is 10.9 Å².